The Kier molecular flexibility index (Phi) is 10.8. The minimum absolute atomic E-state index is 0. The summed E-state index contributed by atoms with van der Waals surface area (Å²) in [6.07, 6.45) is 2.04. The predicted molar refractivity (Wildman–Crippen MR) is 240 cm³/mol. The van der Waals surface area contributed by atoms with Crippen molar-refractivity contribution >= 4 is 72.6 Å². The first kappa shape index (κ1) is 39.6. The van der Waals surface area contributed by atoms with Crippen LogP contribution in [0, 0.1) is 12.1 Å². The molecule has 4 aromatic heterocycles. The molecule has 0 amide bonds. The summed E-state index contributed by atoms with van der Waals surface area (Å²) < 4.78 is 16.6. The first-order valence-electron chi connectivity index (χ1n) is 19.8. The Balaban J connectivity index is 0.000000233. The standard InChI is InChI=1S/C37H29N2O2.C14H16GeN.Ir/c1-21(2)23-12-9-13-24(22(3)4)35(23)39-31-17-7-6-16-30(31)38-37(39)27-15-10-14-26-29-19-28-25-11-5-8-18-32(25)40-33(28)20-34(29)41-36(26)27;1-15(2,3)13-9-10-14(16-11-13)12-7-5-4-6-8-12;/h5-14,16-22H,1-4H3;4-7,9-11H,1-3H3;/q2*-1;. The van der Waals surface area contributed by atoms with Crippen molar-refractivity contribution in [1.82, 2.24) is 14.5 Å². The van der Waals surface area contributed by atoms with E-state index in [4.69, 9.17) is 13.8 Å². The van der Waals surface area contributed by atoms with Gasteiger partial charge in [0.2, 0.25) is 0 Å². The quantitative estimate of drug-likeness (QED) is 0.123. The molecule has 0 spiro atoms. The van der Waals surface area contributed by atoms with Crippen molar-refractivity contribution in [3.63, 3.8) is 0 Å². The Hall–Kier alpha value is -5.27. The molecule has 0 unspecified atom stereocenters. The number of hydrogen-bond donors (Lipinski definition) is 0. The van der Waals surface area contributed by atoms with E-state index in [-0.39, 0.29) is 20.1 Å². The Morgan fingerprint density at radius 3 is 2.03 bits per heavy atom. The van der Waals surface area contributed by atoms with Gasteiger partial charge in [-0.25, -0.2) is 0 Å². The van der Waals surface area contributed by atoms with Gasteiger partial charge in [-0.1, -0.05) is 87.2 Å². The molecule has 6 aromatic carbocycles. The van der Waals surface area contributed by atoms with Gasteiger partial charge in [0.05, 0.1) is 22.4 Å². The molecule has 0 N–H and O–H groups in total. The third kappa shape index (κ3) is 7.12. The van der Waals surface area contributed by atoms with Gasteiger partial charge < -0.3 is 13.4 Å². The van der Waals surface area contributed by atoms with Crippen LogP contribution in [0.1, 0.15) is 50.7 Å². The molecule has 0 fully saturated rings. The molecule has 0 aliphatic heterocycles. The molecular formula is C51H45GeIrN3O2-2. The average molecular weight is 997 g/mol. The third-order valence-electron chi connectivity index (χ3n) is 10.9. The molecule has 0 aliphatic carbocycles. The Labute approximate surface area is 355 Å². The summed E-state index contributed by atoms with van der Waals surface area (Å²) in [5.41, 5.74) is 12.0. The van der Waals surface area contributed by atoms with Gasteiger partial charge in [-0.2, -0.15) is 0 Å². The molecule has 4 heterocycles. The Bertz CT molecular complexity index is 3030. The van der Waals surface area contributed by atoms with Gasteiger partial charge in [-0.15, -0.1) is 18.2 Å². The van der Waals surface area contributed by atoms with Crippen molar-refractivity contribution in [2.24, 2.45) is 0 Å². The first-order chi connectivity index (χ1) is 27.6. The largest absolute Gasteiger partial charge is 0 e. The third-order valence-corrected chi connectivity index (χ3v) is 15.1. The fraction of sp³-hybridized carbons (Fsp3) is 0.176. The summed E-state index contributed by atoms with van der Waals surface area (Å²) >= 11 is -1.72. The predicted octanol–water partition coefficient (Wildman–Crippen LogP) is 13.6. The topological polar surface area (TPSA) is 57.0 Å². The van der Waals surface area contributed by atoms with Crippen LogP contribution < -0.4 is 4.40 Å². The number of aromatic nitrogens is 3. The molecule has 10 rings (SSSR count). The summed E-state index contributed by atoms with van der Waals surface area (Å²) in [7, 11) is 0. The van der Waals surface area contributed by atoms with Crippen LogP contribution in [-0.4, -0.2) is 27.8 Å². The zero-order valence-corrected chi connectivity index (χ0v) is 38.3. The van der Waals surface area contributed by atoms with E-state index in [0.29, 0.717) is 11.8 Å². The maximum absolute atomic E-state index is 6.64. The van der Waals surface area contributed by atoms with E-state index in [2.05, 4.69) is 133 Å². The Morgan fingerprint density at radius 2 is 1.33 bits per heavy atom. The van der Waals surface area contributed by atoms with Crippen LogP contribution in [0.3, 0.4) is 0 Å². The number of pyridine rings is 1. The minimum atomic E-state index is -1.72. The van der Waals surface area contributed by atoms with Crippen LogP contribution in [0.4, 0.5) is 0 Å². The first-order valence-corrected chi connectivity index (χ1v) is 27.1. The van der Waals surface area contributed by atoms with E-state index >= 15 is 0 Å². The fourth-order valence-corrected chi connectivity index (χ4v) is 10.0. The minimum Gasteiger partial charge on any atom is 0 e. The number of hydrogen-bond acceptors (Lipinski definition) is 4. The molecule has 0 aliphatic rings. The van der Waals surface area contributed by atoms with Crippen molar-refractivity contribution < 1.29 is 28.9 Å². The van der Waals surface area contributed by atoms with E-state index in [0.717, 1.165) is 77.6 Å². The summed E-state index contributed by atoms with van der Waals surface area (Å²) in [5, 5.41) is 4.29. The van der Waals surface area contributed by atoms with Gasteiger partial charge >= 0.3 is 99.8 Å². The molecule has 10 aromatic rings. The number of benzene rings is 6. The van der Waals surface area contributed by atoms with Crippen LogP contribution in [0.25, 0.3) is 83.2 Å². The summed E-state index contributed by atoms with van der Waals surface area (Å²) in [6, 6.07) is 50.5. The molecule has 7 heteroatoms. The van der Waals surface area contributed by atoms with Gasteiger partial charge in [-0.05, 0) is 47.2 Å². The molecule has 291 valence electrons. The number of fused-ring (bicyclic) bond motifs is 7. The van der Waals surface area contributed by atoms with Crippen LogP contribution in [-0.2, 0) is 20.1 Å². The zero-order chi connectivity index (χ0) is 39.4. The van der Waals surface area contributed by atoms with Gasteiger partial charge in [-0.3, -0.25) is 4.98 Å². The van der Waals surface area contributed by atoms with E-state index in [1.54, 1.807) is 0 Å². The monoisotopic (exact) mass is 998 g/mol. The van der Waals surface area contributed by atoms with Gasteiger partial charge in [0.25, 0.3) is 0 Å². The second-order valence-electron chi connectivity index (χ2n) is 16.5. The molecule has 1 radical (unpaired) electrons. The maximum Gasteiger partial charge on any atom is 0 e. The van der Waals surface area contributed by atoms with Crippen LogP contribution in [0.5, 0.6) is 0 Å². The molecular weight excluding hydrogens is 951 g/mol. The maximum atomic E-state index is 6.64. The molecule has 5 nitrogen and oxygen atoms in total. The van der Waals surface area contributed by atoms with Crippen molar-refractivity contribution in [3.8, 4) is 28.3 Å². The normalized spacial score (nSPS) is 11.9. The van der Waals surface area contributed by atoms with E-state index in [1.807, 2.05) is 66.9 Å². The number of nitrogens with zero attached hydrogens (tertiary/aromatic N) is 3. The van der Waals surface area contributed by atoms with Crippen molar-refractivity contribution in [1.29, 1.82) is 0 Å². The van der Waals surface area contributed by atoms with Crippen LogP contribution in [0.2, 0.25) is 17.3 Å². The molecule has 0 saturated heterocycles. The SMILES string of the molecule is CC(C)c1cccc(C(C)C)c1-n1c(-c2[c-]ccc3c2oc2cc4oc5ccccc5c4cc23)nc2ccccc21.[CH3][Ge]([CH3])([CH3])[c]1ccc(-c2[c-]cccc2)nc1.[Ir]. The van der Waals surface area contributed by atoms with E-state index in [1.165, 1.54) is 21.2 Å². The van der Waals surface area contributed by atoms with E-state index in [9.17, 15) is 0 Å². The number of rotatable bonds is 6. The molecule has 0 saturated carbocycles. The Morgan fingerprint density at radius 1 is 0.621 bits per heavy atom. The zero-order valence-electron chi connectivity index (χ0n) is 33.8. The average Bonchev–Trinajstić information content (AvgIpc) is 3.90. The molecule has 0 bridgehead atoms. The van der Waals surface area contributed by atoms with Crippen molar-refractivity contribution in [2.45, 2.75) is 56.8 Å². The summed E-state index contributed by atoms with van der Waals surface area (Å²) in [6.45, 7) is 9.03. The second-order valence-corrected chi connectivity index (χ2v) is 27.1. The van der Waals surface area contributed by atoms with Gasteiger partial charge in [0.1, 0.15) is 16.7 Å². The number of imidazole rings is 1. The molecule has 0 atom stereocenters. The smallest absolute Gasteiger partial charge is 0 e. The fourth-order valence-electron chi connectivity index (χ4n) is 7.87. The van der Waals surface area contributed by atoms with Crippen molar-refractivity contribution in [2.75, 3.05) is 0 Å². The second kappa shape index (κ2) is 15.8. The summed E-state index contributed by atoms with van der Waals surface area (Å²) in [5.74, 6) is 8.66. The van der Waals surface area contributed by atoms with Crippen molar-refractivity contribution in [3.05, 3.63) is 157 Å². The van der Waals surface area contributed by atoms with Gasteiger partial charge in [0.15, 0.2) is 0 Å². The van der Waals surface area contributed by atoms with Crippen LogP contribution >= 0.6 is 0 Å². The van der Waals surface area contributed by atoms with E-state index < -0.39 is 13.3 Å². The molecule has 58 heavy (non-hydrogen) atoms. The number of para-hydroxylation sites is 4. The van der Waals surface area contributed by atoms with Crippen LogP contribution in [0.15, 0.2) is 142 Å². The van der Waals surface area contributed by atoms with Gasteiger partial charge in [0, 0.05) is 48.0 Å². The summed E-state index contributed by atoms with van der Waals surface area (Å²) in [4.78, 5) is 9.75. The number of furan rings is 2.